The van der Waals surface area contributed by atoms with Gasteiger partial charge in [-0.05, 0) is 77.0 Å². The number of carbonyl (C=O) groups excluding carboxylic acids is 2. The fourth-order valence-corrected chi connectivity index (χ4v) is 7.19. The van der Waals surface area contributed by atoms with Crippen molar-refractivity contribution >= 4 is 17.9 Å². The summed E-state index contributed by atoms with van der Waals surface area (Å²) in [5.41, 5.74) is 0. The van der Waals surface area contributed by atoms with Gasteiger partial charge < -0.3 is 28.5 Å². The highest BCUT2D eigenvalue weighted by atomic mass is 16.7. The van der Waals surface area contributed by atoms with E-state index in [0.717, 1.165) is 70.6 Å². The number of rotatable bonds is 48. The summed E-state index contributed by atoms with van der Waals surface area (Å²) in [5.74, 6) is -2.03. The third-order valence-electron chi connectivity index (χ3n) is 11.3. The molecule has 0 saturated carbocycles. The minimum absolute atomic E-state index is 0.183. The molecule has 0 heterocycles. The van der Waals surface area contributed by atoms with Crippen LogP contribution in [0.3, 0.4) is 0 Å². The summed E-state index contributed by atoms with van der Waals surface area (Å²) in [6, 6.07) is 0. The fourth-order valence-electron chi connectivity index (χ4n) is 7.19. The summed E-state index contributed by atoms with van der Waals surface area (Å²) in [7, 11) is 5.96. The van der Waals surface area contributed by atoms with Crippen LogP contribution >= 0.6 is 0 Å². The van der Waals surface area contributed by atoms with Crippen LogP contribution in [0.25, 0.3) is 0 Å². The van der Waals surface area contributed by atoms with Gasteiger partial charge >= 0.3 is 17.9 Å². The Labute approximate surface area is 393 Å². The maximum absolute atomic E-state index is 12.8. The molecule has 0 bridgehead atoms. The quantitative estimate of drug-likeness (QED) is 0.0211. The van der Waals surface area contributed by atoms with Crippen molar-refractivity contribution in [2.45, 2.75) is 238 Å². The van der Waals surface area contributed by atoms with E-state index in [1.54, 1.807) is 0 Å². The van der Waals surface area contributed by atoms with Gasteiger partial charge in [0, 0.05) is 12.8 Å². The Morgan fingerprint density at radius 1 is 0.469 bits per heavy atom. The highest BCUT2D eigenvalue weighted by Crippen LogP contribution is 2.14. The Hall–Kier alpha value is -2.75. The molecule has 0 spiro atoms. The standard InChI is InChI=1S/C55H99NO8/c1-6-8-10-12-14-16-18-20-22-24-26-27-28-30-32-34-36-38-40-42-44-46-53(58)64-51(50-63-55(54(59)60)61-48-47-56(3,4)5)49-62-52(57)45-43-41-39-37-35-33-31-29-25-23-21-19-17-15-13-11-9-7-2/h18,20,23-26,28,30,51,55H,6-17,19,21-22,27,29,31-50H2,1-5H3/p+1/b20-18-,25-23-,26-24-,30-28-. The fraction of sp³-hybridized carbons (Fsp3) is 0.800. The zero-order valence-electron chi connectivity index (χ0n) is 42.2. The second kappa shape index (κ2) is 46.8. The van der Waals surface area contributed by atoms with Crippen LogP contribution < -0.4 is 0 Å². The summed E-state index contributed by atoms with van der Waals surface area (Å²) in [6.07, 6.45) is 53.1. The number of carboxylic acids is 1. The number of carboxylic acid groups (broad SMARTS) is 1. The molecule has 0 rings (SSSR count). The summed E-state index contributed by atoms with van der Waals surface area (Å²) in [4.78, 5) is 37.3. The number of allylic oxidation sites excluding steroid dienone is 8. The number of ether oxygens (including phenoxy) is 4. The molecule has 372 valence electrons. The molecule has 2 unspecified atom stereocenters. The SMILES string of the molecule is CCCCCCC/C=C\C/C=C\C/C=C\CCCCCCCCC(=O)OC(COC(=O)CCCCCCCCC/C=C\CCCCCCCCC)COC(OCC[N+](C)(C)C)C(=O)O. The first kappa shape index (κ1) is 61.2. The predicted molar refractivity (Wildman–Crippen MR) is 267 cm³/mol. The van der Waals surface area contributed by atoms with E-state index in [1.807, 2.05) is 21.1 Å². The Kier molecular flexibility index (Phi) is 44.8. The van der Waals surface area contributed by atoms with E-state index >= 15 is 0 Å². The number of unbranched alkanes of at least 4 members (excludes halogenated alkanes) is 25. The summed E-state index contributed by atoms with van der Waals surface area (Å²) in [6.45, 7) is 4.85. The second-order valence-electron chi connectivity index (χ2n) is 18.8. The molecular formula is C55H100NO8+. The van der Waals surface area contributed by atoms with Crippen LogP contribution in [0.1, 0.15) is 226 Å². The lowest BCUT2D eigenvalue weighted by molar-refractivity contribution is -0.870. The monoisotopic (exact) mass is 903 g/mol. The number of esters is 2. The van der Waals surface area contributed by atoms with Gasteiger partial charge in [-0.15, -0.1) is 0 Å². The van der Waals surface area contributed by atoms with Crippen LogP contribution in [0.5, 0.6) is 0 Å². The van der Waals surface area contributed by atoms with Crippen LogP contribution in [0.2, 0.25) is 0 Å². The smallest absolute Gasteiger partial charge is 0.361 e. The maximum atomic E-state index is 12.8. The number of hydrogen-bond acceptors (Lipinski definition) is 7. The minimum atomic E-state index is -1.51. The average Bonchev–Trinajstić information content (AvgIpc) is 3.26. The summed E-state index contributed by atoms with van der Waals surface area (Å²) in [5, 5.41) is 9.67. The van der Waals surface area contributed by atoms with Crippen molar-refractivity contribution < 1.29 is 42.9 Å². The number of hydrogen-bond donors (Lipinski definition) is 1. The maximum Gasteiger partial charge on any atom is 0.361 e. The largest absolute Gasteiger partial charge is 0.477 e. The molecule has 1 N–H and O–H groups in total. The number of nitrogens with zero attached hydrogens (tertiary/aromatic N) is 1. The van der Waals surface area contributed by atoms with E-state index in [-0.39, 0.29) is 32.2 Å². The van der Waals surface area contributed by atoms with Crippen molar-refractivity contribution in [3.05, 3.63) is 48.6 Å². The number of carbonyl (C=O) groups is 3. The molecule has 9 nitrogen and oxygen atoms in total. The molecule has 0 aliphatic heterocycles. The highest BCUT2D eigenvalue weighted by Gasteiger charge is 2.25. The lowest BCUT2D eigenvalue weighted by Gasteiger charge is -2.25. The van der Waals surface area contributed by atoms with E-state index in [2.05, 4.69) is 62.5 Å². The van der Waals surface area contributed by atoms with E-state index in [1.165, 1.54) is 122 Å². The normalized spacial score (nSPS) is 13.2. The van der Waals surface area contributed by atoms with Crippen LogP contribution in [-0.2, 0) is 33.3 Å². The van der Waals surface area contributed by atoms with Gasteiger partial charge in [-0.3, -0.25) is 9.59 Å². The lowest BCUT2D eigenvalue weighted by atomic mass is 10.1. The van der Waals surface area contributed by atoms with Gasteiger partial charge in [0.1, 0.15) is 13.2 Å². The van der Waals surface area contributed by atoms with E-state index in [9.17, 15) is 19.5 Å². The van der Waals surface area contributed by atoms with Crippen molar-refractivity contribution in [2.75, 3.05) is 47.5 Å². The molecule has 0 fully saturated rings. The first-order valence-electron chi connectivity index (χ1n) is 26.3. The molecule has 0 amide bonds. The van der Waals surface area contributed by atoms with Crippen molar-refractivity contribution in [1.29, 1.82) is 0 Å². The van der Waals surface area contributed by atoms with Gasteiger partial charge in [-0.2, -0.15) is 0 Å². The Bertz CT molecular complexity index is 1190. The molecule has 0 aliphatic rings. The molecule has 0 aromatic rings. The summed E-state index contributed by atoms with van der Waals surface area (Å²) < 4.78 is 22.8. The van der Waals surface area contributed by atoms with Crippen molar-refractivity contribution in [3.63, 3.8) is 0 Å². The Balaban J connectivity index is 4.37. The van der Waals surface area contributed by atoms with E-state index in [4.69, 9.17) is 18.9 Å². The van der Waals surface area contributed by atoms with Crippen LogP contribution in [0.4, 0.5) is 0 Å². The average molecular weight is 903 g/mol. The van der Waals surface area contributed by atoms with Gasteiger partial charge in [0.15, 0.2) is 6.10 Å². The molecule has 0 aromatic carbocycles. The molecule has 0 radical (unpaired) electrons. The lowest BCUT2D eigenvalue weighted by Crippen LogP contribution is -2.40. The topological polar surface area (TPSA) is 108 Å². The number of quaternary nitrogens is 1. The minimum Gasteiger partial charge on any atom is -0.477 e. The highest BCUT2D eigenvalue weighted by molar-refractivity contribution is 5.71. The molecule has 2 atom stereocenters. The summed E-state index contributed by atoms with van der Waals surface area (Å²) >= 11 is 0. The van der Waals surface area contributed by atoms with Gasteiger partial charge in [0.2, 0.25) is 0 Å². The van der Waals surface area contributed by atoms with Gasteiger partial charge in [-0.1, -0.05) is 184 Å². The van der Waals surface area contributed by atoms with Crippen molar-refractivity contribution in [2.24, 2.45) is 0 Å². The number of aliphatic carboxylic acids is 1. The number of likely N-dealkylation sites (N-methyl/N-ethyl adjacent to an activating group) is 1. The molecule has 0 aromatic heterocycles. The van der Waals surface area contributed by atoms with Crippen LogP contribution in [0, 0.1) is 0 Å². The zero-order chi connectivity index (χ0) is 47.0. The third-order valence-corrected chi connectivity index (χ3v) is 11.3. The van der Waals surface area contributed by atoms with E-state index in [0.29, 0.717) is 23.9 Å². The Morgan fingerprint density at radius 3 is 1.27 bits per heavy atom. The van der Waals surface area contributed by atoms with Crippen molar-refractivity contribution in [3.8, 4) is 0 Å². The van der Waals surface area contributed by atoms with Crippen LogP contribution in [0.15, 0.2) is 48.6 Å². The predicted octanol–water partition coefficient (Wildman–Crippen LogP) is 14.7. The molecule has 9 heteroatoms. The first-order chi connectivity index (χ1) is 31.1. The van der Waals surface area contributed by atoms with Crippen molar-refractivity contribution in [1.82, 2.24) is 0 Å². The second-order valence-corrected chi connectivity index (χ2v) is 18.8. The zero-order valence-corrected chi connectivity index (χ0v) is 42.2. The molecule has 0 saturated heterocycles. The first-order valence-corrected chi connectivity index (χ1v) is 26.3. The van der Waals surface area contributed by atoms with Gasteiger partial charge in [-0.25, -0.2) is 4.79 Å². The Morgan fingerprint density at radius 2 is 0.844 bits per heavy atom. The molecule has 64 heavy (non-hydrogen) atoms. The van der Waals surface area contributed by atoms with Crippen LogP contribution in [-0.4, -0.2) is 87.4 Å². The molecule has 0 aliphatic carbocycles. The molecular weight excluding hydrogens is 803 g/mol. The van der Waals surface area contributed by atoms with E-state index < -0.39 is 24.3 Å². The van der Waals surface area contributed by atoms with Gasteiger partial charge in [0.05, 0.1) is 34.4 Å². The third kappa shape index (κ3) is 47.2. The van der Waals surface area contributed by atoms with Gasteiger partial charge in [0.25, 0.3) is 6.29 Å².